The summed E-state index contributed by atoms with van der Waals surface area (Å²) in [6, 6.07) is 12.1. The Morgan fingerprint density at radius 2 is 1.84 bits per heavy atom. The summed E-state index contributed by atoms with van der Waals surface area (Å²) in [5.41, 5.74) is 4.88. The van der Waals surface area contributed by atoms with Gasteiger partial charge in [0.1, 0.15) is 5.82 Å². The van der Waals surface area contributed by atoms with Crippen molar-refractivity contribution in [3.63, 3.8) is 0 Å². The summed E-state index contributed by atoms with van der Waals surface area (Å²) in [6.07, 6.45) is 11.2. The molecule has 0 saturated carbocycles. The van der Waals surface area contributed by atoms with Crippen LogP contribution in [0.3, 0.4) is 0 Å². The highest BCUT2D eigenvalue weighted by Gasteiger charge is 2.18. The van der Waals surface area contributed by atoms with Gasteiger partial charge in [-0.2, -0.15) is 5.10 Å². The largest absolute Gasteiger partial charge is 0.334 e. The maximum atomic E-state index is 13.8. The molecule has 5 rings (SSSR count). The van der Waals surface area contributed by atoms with Crippen LogP contribution in [0, 0.1) is 0 Å². The molecule has 10 nitrogen and oxygen atoms in total. The minimum atomic E-state index is -0.0703. The Bertz CT molecular complexity index is 1510. The van der Waals surface area contributed by atoms with E-state index in [1.54, 1.807) is 17.0 Å². The second-order valence-corrected chi connectivity index (χ2v) is 9.21. The predicted octanol–water partition coefficient (Wildman–Crippen LogP) is 4.44. The van der Waals surface area contributed by atoms with Gasteiger partial charge in [-0.1, -0.05) is 44.5 Å². The average molecular weight is 498 g/mol. The van der Waals surface area contributed by atoms with Crippen molar-refractivity contribution in [3.8, 4) is 28.3 Å². The standard InChI is InChI=1S/C27H31N9O/c1-4-6-7-23-18-35(25-13-15-29-36(25)19(3)5-2)27(37)34(23)17-22-16-28-14-12-24(22)20-8-10-21(11-9-20)26-30-32-33-31-26/h8-16,18-19H,4-7,17H2,1-3H3,(H,30,31,32,33). The lowest BCUT2D eigenvalue weighted by molar-refractivity contribution is 0.468. The van der Waals surface area contributed by atoms with Gasteiger partial charge in [-0.05, 0) is 59.4 Å². The fourth-order valence-corrected chi connectivity index (χ4v) is 4.52. The lowest BCUT2D eigenvalue weighted by Crippen LogP contribution is -2.27. The highest BCUT2D eigenvalue weighted by Crippen LogP contribution is 2.26. The number of imidazole rings is 1. The average Bonchev–Trinajstić information content (AvgIpc) is 3.69. The summed E-state index contributed by atoms with van der Waals surface area (Å²) in [7, 11) is 0. The smallest absolute Gasteiger partial charge is 0.291 e. The molecular weight excluding hydrogens is 466 g/mol. The first-order chi connectivity index (χ1) is 18.1. The molecule has 0 radical (unpaired) electrons. The monoisotopic (exact) mass is 497 g/mol. The van der Waals surface area contributed by atoms with Crippen molar-refractivity contribution in [3.05, 3.63) is 82.9 Å². The molecule has 1 unspecified atom stereocenters. The molecule has 4 heterocycles. The van der Waals surface area contributed by atoms with Crippen LogP contribution in [0.1, 0.15) is 57.3 Å². The van der Waals surface area contributed by atoms with Crippen LogP contribution in [0.5, 0.6) is 0 Å². The Morgan fingerprint density at radius 1 is 1.03 bits per heavy atom. The molecule has 1 N–H and O–H groups in total. The molecule has 190 valence electrons. The minimum Gasteiger partial charge on any atom is -0.291 e. The van der Waals surface area contributed by atoms with E-state index in [0.717, 1.165) is 59.4 Å². The van der Waals surface area contributed by atoms with Crippen LogP contribution in [0.2, 0.25) is 0 Å². The third-order valence-corrected chi connectivity index (χ3v) is 6.80. The van der Waals surface area contributed by atoms with E-state index in [1.807, 2.05) is 58.0 Å². The number of nitrogens with one attached hydrogen (secondary N) is 1. The summed E-state index contributed by atoms with van der Waals surface area (Å²) < 4.78 is 5.54. The molecular formula is C27H31N9O. The van der Waals surface area contributed by atoms with Crippen molar-refractivity contribution in [2.24, 2.45) is 0 Å². The first kappa shape index (κ1) is 24.4. The molecule has 4 aromatic heterocycles. The normalized spacial score (nSPS) is 12.2. The molecule has 0 fully saturated rings. The van der Waals surface area contributed by atoms with E-state index in [0.29, 0.717) is 12.4 Å². The molecule has 0 bridgehead atoms. The number of nitrogens with zero attached hydrogens (tertiary/aromatic N) is 8. The number of H-pyrrole nitrogens is 1. The van der Waals surface area contributed by atoms with Crippen LogP contribution >= 0.6 is 0 Å². The molecule has 5 aromatic rings. The van der Waals surface area contributed by atoms with Gasteiger partial charge in [0.2, 0.25) is 0 Å². The maximum absolute atomic E-state index is 13.8. The van der Waals surface area contributed by atoms with Crippen LogP contribution in [-0.4, -0.2) is 44.5 Å². The molecule has 37 heavy (non-hydrogen) atoms. The fraction of sp³-hybridized carbons (Fsp3) is 0.333. The van der Waals surface area contributed by atoms with Crippen LogP contribution in [0.15, 0.2) is 66.0 Å². The van der Waals surface area contributed by atoms with Crippen molar-refractivity contribution < 1.29 is 0 Å². The van der Waals surface area contributed by atoms with Crippen LogP contribution in [0.25, 0.3) is 28.3 Å². The first-order valence-electron chi connectivity index (χ1n) is 12.7. The quantitative estimate of drug-likeness (QED) is 0.305. The van der Waals surface area contributed by atoms with Gasteiger partial charge in [0.25, 0.3) is 0 Å². The number of unbranched alkanes of at least 4 members (excludes halogenated alkanes) is 1. The highest BCUT2D eigenvalue weighted by atomic mass is 16.1. The van der Waals surface area contributed by atoms with Gasteiger partial charge in [-0.15, -0.1) is 5.10 Å². The van der Waals surface area contributed by atoms with Crippen molar-refractivity contribution in [1.82, 2.24) is 44.5 Å². The van der Waals surface area contributed by atoms with E-state index < -0.39 is 0 Å². The summed E-state index contributed by atoms with van der Waals surface area (Å²) in [5.74, 6) is 1.41. The number of hydrogen-bond acceptors (Lipinski definition) is 6. The Labute approximate surface area is 215 Å². The van der Waals surface area contributed by atoms with E-state index in [2.05, 4.69) is 51.5 Å². The van der Waals surface area contributed by atoms with Gasteiger partial charge in [-0.3, -0.25) is 14.1 Å². The third kappa shape index (κ3) is 4.87. The van der Waals surface area contributed by atoms with Gasteiger partial charge in [0.15, 0.2) is 5.82 Å². The summed E-state index contributed by atoms with van der Waals surface area (Å²) in [4.78, 5) is 18.2. The van der Waals surface area contributed by atoms with E-state index in [4.69, 9.17) is 0 Å². The van der Waals surface area contributed by atoms with Crippen molar-refractivity contribution >= 4 is 0 Å². The van der Waals surface area contributed by atoms with Gasteiger partial charge in [0, 0.05) is 35.9 Å². The first-order valence-corrected chi connectivity index (χ1v) is 12.7. The van der Waals surface area contributed by atoms with Crippen LogP contribution in [0.4, 0.5) is 0 Å². The van der Waals surface area contributed by atoms with Gasteiger partial charge in [0.05, 0.1) is 18.8 Å². The number of rotatable bonds is 10. The second kappa shape index (κ2) is 10.7. The number of aryl methyl sites for hydroxylation is 1. The van der Waals surface area contributed by atoms with Gasteiger partial charge < -0.3 is 0 Å². The lowest BCUT2D eigenvalue weighted by Gasteiger charge is -2.13. The number of tetrazole rings is 1. The Hall–Kier alpha value is -4.34. The summed E-state index contributed by atoms with van der Waals surface area (Å²) in [5, 5.41) is 18.6. The molecule has 10 heteroatoms. The Morgan fingerprint density at radius 3 is 2.57 bits per heavy atom. The van der Waals surface area contributed by atoms with Crippen molar-refractivity contribution in [2.45, 2.75) is 59.0 Å². The highest BCUT2D eigenvalue weighted by molar-refractivity contribution is 5.69. The number of aromatic amines is 1. The minimum absolute atomic E-state index is 0.0703. The van der Waals surface area contributed by atoms with E-state index >= 15 is 0 Å². The van der Waals surface area contributed by atoms with Crippen molar-refractivity contribution in [1.29, 1.82) is 0 Å². The molecule has 0 aliphatic carbocycles. The van der Waals surface area contributed by atoms with Crippen LogP contribution < -0.4 is 5.69 Å². The zero-order valence-electron chi connectivity index (χ0n) is 21.4. The van der Waals surface area contributed by atoms with E-state index in [1.165, 1.54) is 0 Å². The molecule has 0 spiro atoms. The van der Waals surface area contributed by atoms with Gasteiger partial charge in [-0.25, -0.2) is 14.6 Å². The molecule has 1 atom stereocenters. The maximum Gasteiger partial charge on any atom is 0.334 e. The Balaban J connectivity index is 1.53. The van der Waals surface area contributed by atoms with Gasteiger partial charge >= 0.3 is 5.69 Å². The molecule has 0 aliphatic rings. The molecule has 1 aromatic carbocycles. The topological polar surface area (TPSA) is 112 Å². The van der Waals surface area contributed by atoms with E-state index in [-0.39, 0.29) is 11.7 Å². The SMILES string of the molecule is CCCCc1cn(-c2ccnn2C(C)CC)c(=O)n1Cc1cnccc1-c1ccc(-c2nnn[nH]2)cc1. The predicted molar refractivity (Wildman–Crippen MR) is 141 cm³/mol. The van der Waals surface area contributed by atoms with E-state index in [9.17, 15) is 4.79 Å². The zero-order valence-corrected chi connectivity index (χ0v) is 21.4. The lowest BCUT2D eigenvalue weighted by atomic mass is 10.00. The molecule has 0 amide bonds. The van der Waals surface area contributed by atoms with Crippen LogP contribution in [-0.2, 0) is 13.0 Å². The number of aromatic nitrogens is 9. The summed E-state index contributed by atoms with van der Waals surface area (Å²) >= 11 is 0. The molecule has 0 aliphatic heterocycles. The van der Waals surface area contributed by atoms with Crippen molar-refractivity contribution in [2.75, 3.05) is 0 Å². The molecule has 0 saturated heterocycles. The number of benzene rings is 1. The zero-order chi connectivity index (χ0) is 25.8. The fourth-order valence-electron chi connectivity index (χ4n) is 4.52. The third-order valence-electron chi connectivity index (χ3n) is 6.80. The Kier molecular flexibility index (Phi) is 7.07. The number of pyridine rings is 1. The number of hydrogen-bond donors (Lipinski definition) is 1. The second-order valence-electron chi connectivity index (χ2n) is 9.21. The summed E-state index contributed by atoms with van der Waals surface area (Å²) in [6.45, 7) is 6.83.